The normalized spacial score (nSPS) is 20.5. The summed E-state index contributed by atoms with van der Waals surface area (Å²) < 4.78 is 57.8. The highest BCUT2D eigenvalue weighted by molar-refractivity contribution is 5.94. The van der Waals surface area contributed by atoms with Gasteiger partial charge in [0.1, 0.15) is 5.82 Å². The molecule has 1 aromatic heterocycles. The third kappa shape index (κ3) is 4.63. The Morgan fingerprint density at radius 1 is 0.974 bits per heavy atom. The van der Waals surface area contributed by atoms with E-state index in [9.17, 15) is 22.4 Å². The summed E-state index contributed by atoms with van der Waals surface area (Å²) in [7, 11) is 1.74. The van der Waals surface area contributed by atoms with Crippen molar-refractivity contribution in [1.29, 1.82) is 0 Å². The molecule has 1 aliphatic carbocycles. The third-order valence-electron chi connectivity index (χ3n) is 8.27. The summed E-state index contributed by atoms with van der Waals surface area (Å²) >= 11 is 0. The van der Waals surface area contributed by atoms with Gasteiger partial charge in [0.2, 0.25) is 0 Å². The lowest BCUT2D eigenvalue weighted by Gasteiger charge is -2.46. The number of benzene rings is 2. The van der Waals surface area contributed by atoms with Crippen molar-refractivity contribution in [2.75, 3.05) is 22.9 Å². The summed E-state index contributed by atoms with van der Waals surface area (Å²) in [4.78, 5) is 19.2. The molecule has 206 valence electrons. The number of carbonyl (C=O) groups is 1. The van der Waals surface area contributed by atoms with E-state index in [2.05, 4.69) is 10.00 Å². The van der Waals surface area contributed by atoms with Gasteiger partial charge in [-0.2, -0.15) is 18.3 Å². The number of anilines is 2. The van der Waals surface area contributed by atoms with Crippen molar-refractivity contribution in [3.63, 3.8) is 0 Å². The molecule has 3 aliphatic rings. The van der Waals surface area contributed by atoms with Gasteiger partial charge in [-0.25, -0.2) is 9.18 Å². The summed E-state index contributed by atoms with van der Waals surface area (Å²) in [6, 6.07) is 9.86. The number of carbonyl (C=O) groups excluding carboxylic acids is 1. The molecule has 2 fully saturated rings. The maximum absolute atomic E-state index is 14.9. The fraction of sp³-hybridized carbons (Fsp3) is 0.448. The van der Waals surface area contributed by atoms with Gasteiger partial charge in [-0.3, -0.25) is 9.58 Å². The van der Waals surface area contributed by atoms with Crippen LogP contribution in [0.25, 0.3) is 0 Å². The SMILES string of the molecule is CC1c2cn(C)nc2N(Cc2ccccc2C(F)(F)F)C(=O)N1C1CCN(c2c(F)cccc2C2CC2)CC1. The molecule has 1 saturated heterocycles. The molecule has 6 rings (SSSR count). The van der Waals surface area contributed by atoms with Crippen molar-refractivity contribution in [1.82, 2.24) is 14.7 Å². The third-order valence-corrected chi connectivity index (χ3v) is 8.27. The van der Waals surface area contributed by atoms with Gasteiger partial charge >= 0.3 is 12.2 Å². The van der Waals surface area contributed by atoms with Crippen LogP contribution >= 0.6 is 0 Å². The standard InChI is InChI=1S/C29H31F4N5O/c1-18-23-17-35(2)34-27(23)37(16-20-6-3-4-8-24(20)29(31,32)33)28(39)38(18)21-12-14-36(15-13-21)26-22(19-10-11-19)7-5-9-25(26)30/h3-9,17-19,21H,10-16H2,1-2H3. The van der Waals surface area contributed by atoms with Crippen LogP contribution in [0.4, 0.5) is 33.9 Å². The summed E-state index contributed by atoms with van der Waals surface area (Å²) in [5.74, 6) is 0.588. The molecule has 39 heavy (non-hydrogen) atoms. The molecular formula is C29H31F4N5O. The number of para-hydroxylation sites is 1. The highest BCUT2D eigenvalue weighted by atomic mass is 19.4. The minimum atomic E-state index is -4.53. The lowest BCUT2D eigenvalue weighted by atomic mass is 9.96. The number of alkyl halides is 3. The van der Waals surface area contributed by atoms with E-state index in [-0.39, 0.29) is 36.0 Å². The van der Waals surface area contributed by atoms with Crippen LogP contribution in [0.1, 0.15) is 66.8 Å². The van der Waals surface area contributed by atoms with Crippen molar-refractivity contribution >= 4 is 17.5 Å². The summed E-state index contributed by atoms with van der Waals surface area (Å²) in [5, 5.41) is 4.46. The molecule has 0 N–H and O–H groups in total. The van der Waals surface area contributed by atoms with Crippen LogP contribution in [0, 0.1) is 5.82 Å². The van der Waals surface area contributed by atoms with E-state index in [4.69, 9.17) is 0 Å². The Balaban J connectivity index is 1.27. The molecule has 10 heteroatoms. The van der Waals surface area contributed by atoms with Gasteiger partial charge in [0.15, 0.2) is 5.82 Å². The Kier molecular flexibility index (Phi) is 6.31. The minimum absolute atomic E-state index is 0.0198. The smallest absolute Gasteiger partial charge is 0.369 e. The predicted molar refractivity (Wildman–Crippen MR) is 140 cm³/mol. The number of piperidine rings is 1. The molecular weight excluding hydrogens is 510 g/mol. The largest absolute Gasteiger partial charge is 0.416 e. The number of urea groups is 1. The summed E-state index contributed by atoms with van der Waals surface area (Å²) in [6.07, 6.45) is 0.724. The van der Waals surface area contributed by atoms with E-state index in [1.54, 1.807) is 28.8 Å². The maximum Gasteiger partial charge on any atom is 0.416 e. The molecule has 2 amide bonds. The lowest BCUT2D eigenvalue weighted by molar-refractivity contribution is -0.138. The van der Waals surface area contributed by atoms with Gasteiger partial charge in [0.05, 0.1) is 23.8 Å². The topological polar surface area (TPSA) is 44.6 Å². The molecule has 1 unspecified atom stereocenters. The number of aromatic nitrogens is 2. The number of rotatable bonds is 5. The Morgan fingerprint density at radius 2 is 1.69 bits per heavy atom. The second-order valence-electron chi connectivity index (χ2n) is 10.9. The van der Waals surface area contributed by atoms with Gasteiger partial charge in [-0.15, -0.1) is 0 Å². The molecule has 3 heterocycles. The number of amides is 2. The molecule has 6 nitrogen and oxygen atoms in total. The predicted octanol–water partition coefficient (Wildman–Crippen LogP) is 6.63. The Hall–Kier alpha value is -3.56. The molecule has 1 atom stereocenters. The molecule has 3 aromatic rings. The monoisotopic (exact) mass is 541 g/mol. The van der Waals surface area contributed by atoms with Crippen molar-refractivity contribution in [2.45, 2.75) is 63.3 Å². The average molecular weight is 542 g/mol. The van der Waals surface area contributed by atoms with Crippen LogP contribution < -0.4 is 9.80 Å². The van der Waals surface area contributed by atoms with Crippen LogP contribution in [0.2, 0.25) is 0 Å². The highest BCUT2D eigenvalue weighted by Crippen LogP contribution is 2.46. The van der Waals surface area contributed by atoms with Crippen molar-refractivity contribution < 1.29 is 22.4 Å². The van der Waals surface area contributed by atoms with E-state index in [1.807, 2.05) is 19.2 Å². The van der Waals surface area contributed by atoms with Crippen LogP contribution in [-0.2, 0) is 19.8 Å². The Bertz CT molecular complexity index is 1390. The number of halogens is 4. The fourth-order valence-corrected chi connectivity index (χ4v) is 6.22. The first-order chi connectivity index (χ1) is 18.6. The maximum atomic E-state index is 14.9. The first-order valence-electron chi connectivity index (χ1n) is 13.4. The second-order valence-corrected chi connectivity index (χ2v) is 10.9. The van der Waals surface area contributed by atoms with Crippen LogP contribution in [0.15, 0.2) is 48.7 Å². The molecule has 2 aliphatic heterocycles. The molecule has 0 spiro atoms. The summed E-state index contributed by atoms with van der Waals surface area (Å²) in [6.45, 7) is 2.89. The van der Waals surface area contributed by atoms with Crippen molar-refractivity contribution in [3.05, 3.63) is 76.7 Å². The van der Waals surface area contributed by atoms with E-state index in [0.29, 0.717) is 43.4 Å². The second kappa shape index (κ2) is 9.57. The van der Waals surface area contributed by atoms with Gasteiger partial charge in [-0.1, -0.05) is 30.3 Å². The number of nitrogens with zero attached hydrogens (tertiary/aromatic N) is 5. The van der Waals surface area contributed by atoms with E-state index >= 15 is 0 Å². The van der Waals surface area contributed by atoms with Crippen molar-refractivity contribution in [2.24, 2.45) is 7.05 Å². The Labute approximate surface area is 224 Å². The fourth-order valence-electron chi connectivity index (χ4n) is 6.22. The van der Waals surface area contributed by atoms with E-state index in [1.165, 1.54) is 23.1 Å². The Morgan fingerprint density at radius 3 is 2.38 bits per heavy atom. The van der Waals surface area contributed by atoms with Gasteiger partial charge in [-0.05, 0) is 61.8 Å². The first-order valence-corrected chi connectivity index (χ1v) is 13.4. The summed E-state index contributed by atoms with van der Waals surface area (Å²) in [5.41, 5.74) is 1.80. The van der Waals surface area contributed by atoms with Crippen LogP contribution in [0.5, 0.6) is 0 Å². The minimum Gasteiger partial charge on any atom is -0.369 e. The molecule has 0 radical (unpaired) electrons. The average Bonchev–Trinajstić information content (AvgIpc) is 3.67. The lowest BCUT2D eigenvalue weighted by Crippen LogP contribution is -2.55. The van der Waals surface area contributed by atoms with E-state index in [0.717, 1.165) is 30.0 Å². The van der Waals surface area contributed by atoms with E-state index < -0.39 is 11.7 Å². The number of hydrogen-bond acceptors (Lipinski definition) is 3. The van der Waals surface area contributed by atoms with Crippen LogP contribution in [0.3, 0.4) is 0 Å². The van der Waals surface area contributed by atoms with Gasteiger partial charge in [0.25, 0.3) is 0 Å². The first kappa shape index (κ1) is 25.7. The molecule has 2 aromatic carbocycles. The van der Waals surface area contributed by atoms with Crippen LogP contribution in [-0.4, -0.2) is 39.8 Å². The molecule has 0 bridgehead atoms. The number of aryl methyl sites for hydroxylation is 1. The zero-order valence-corrected chi connectivity index (χ0v) is 22.0. The highest BCUT2D eigenvalue weighted by Gasteiger charge is 2.43. The zero-order valence-electron chi connectivity index (χ0n) is 22.0. The quantitative estimate of drug-likeness (QED) is 0.341. The van der Waals surface area contributed by atoms with Gasteiger partial charge < -0.3 is 9.80 Å². The number of fused-ring (bicyclic) bond motifs is 1. The van der Waals surface area contributed by atoms with Gasteiger partial charge in [0, 0.05) is 37.9 Å². The van der Waals surface area contributed by atoms with Crippen molar-refractivity contribution in [3.8, 4) is 0 Å². The number of hydrogen-bond donors (Lipinski definition) is 0. The molecule has 1 saturated carbocycles. The zero-order chi connectivity index (χ0) is 27.5.